The fourth-order valence-corrected chi connectivity index (χ4v) is 2.14. The Kier molecular flexibility index (Phi) is 3.71. The van der Waals surface area contributed by atoms with E-state index >= 15 is 0 Å². The Morgan fingerprint density at radius 2 is 1.86 bits per heavy atom. The van der Waals surface area contributed by atoms with Crippen molar-refractivity contribution in [3.63, 3.8) is 0 Å². The Morgan fingerprint density at radius 1 is 1.23 bits per heavy atom. The largest absolute Gasteiger partial charge is 0.417 e. The fourth-order valence-electron chi connectivity index (χ4n) is 2.14. The van der Waals surface area contributed by atoms with E-state index in [0.717, 1.165) is 6.07 Å². The zero-order chi connectivity index (χ0) is 16.7. The van der Waals surface area contributed by atoms with Crippen molar-refractivity contribution in [3.8, 4) is 17.5 Å². The number of hydrogen-bond acceptors (Lipinski definition) is 4. The minimum Gasteiger partial charge on any atom is -0.382 e. The Labute approximate surface area is 124 Å². The van der Waals surface area contributed by atoms with Gasteiger partial charge in [0, 0.05) is 12.6 Å². The van der Waals surface area contributed by atoms with Crippen molar-refractivity contribution in [2.75, 3.05) is 0 Å². The smallest absolute Gasteiger partial charge is 0.382 e. The Balaban J connectivity index is 2.69. The normalized spacial score (nSPS) is 12.3. The van der Waals surface area contributed by atoms with Crippen LogP contribution in [0.5, 0.6) is 0 Å². The van der Waals surface area contributed by atoms with Crippen molar-refractivity contribution in [1.29, 1.82) is 5.26 Å². The van der Waals surface area contributed by atoms with E-state index in [1.807, 2.05) is 0 Å². The van der Waals surface area contributed by atoms with Gasteiger partial charge in [-0.3, -0.25) is 0 Å². The molecule has 0 saturated heterocycles. The second-order valence-corrected chi connectivity index (χ2v) is 5.34. The van der Waals surface area contributed by atoms with Crippen LogP contribution in [0.4, 0.5) is 13.2 Å². The van der Waals surface area contributed by atoms with Gasteiger partial charge in [-0.15, -0.1) is 10.2 Å². The highest BCUT2D eigenvalue weighted by molar-refractivity contribution is 5.63. The van der Waals surface area contributed by atoms with Gasteiger partial charge in [0.1, 0.15) is 5.60 Å². The van der Waals surface area contributed by atoms with Crippen LogP contribution in [0.25, 0.3) is 11.4 Å². The fraction of sp³-hybridized carbons (Fsp3) is 0.357. The zero-order valence-electron chi connectivity index (χ0n) is 12.1. The number of nitriles is 1. The van der Waals surface area contributed by atoms with Crippen molar-refractivity contribution in [3.05, 3.63) is 35.2 Å². The summed E-state index contributed by atoms with van der Waals surface area (Å²) >= 11 is 0. The molecule has 0 bridgehead atoms. The second-order valence-electron chi connectivity index (χ2n) is 5.34. The summed E-state index contributed by atoms with van der Waals surface area (Å²) in [6, 6.07) is 4.91. The summed E-state index contributed by atoms with van der Waals surface area (Å²) in [7, 11) is 1.47. The molecule has 0 saturated carbocycles. The van der Waals surface area contributed by atoms with Gasteiger partial charge in [-0.2, -0.15) is 18.4 Å². The lowest BCUT2D eigenvalue weighted by Gasteiger charge is -2.17. The summed E-state index contributed by atoms with van der Waals surface area (Å²) in [4.78, 5) is 0. The van der Waals surface area contributed by atoms with Gasteiger partial charge in [0.15, 0.2) is 11.6 Å². The van der Waals surface area contributed by atoms with Crippen molar-refractivity contribution < 1.29 is 18.3 Å². The second kappa shape index (κ2) is 5.10. The molecule has 0 unspecified atom stereocenters. The predicted molar refractivity (Wildman–Crippen MR) is 71.4 cm³/mol. The molecule has 1 aromatic carbocycles. The molecule has 1 N–H and O–H groups in total. The first-order valence-corrected chi connectivity index (χ1v) is 6.29. The van der Waals surface area contributed by atoms with E-state index in [1.165, 1.54) is 37.6 Å². The highest BCUT2D eigenvalue weighted by Gasteiger charge is 2.36. The molecule has 0 aliphatic rings. The van der Waals surface area contributed by atoms with Crippen LogP contribution in [0.15, 0.2) is 18.2 Å². The van der Waals surface area contributed by atoms with E-state index in [9.17, 15) is 18.3 Å². The van der Waals surface area contributed by atoms with Gasteiger partial charge >= 0.3 is 6.18 Å². The van der Waals surface area contributed by atoms with Crippen LogP contribution in [-0.2, 0) is 18.8 Å². The molecule has 116 valence electrons. The Bertz CT molecular complexity index is 751. The molecule has 8 heteroatoms. The van der Waals surface area contributed by atoms with Crippen molar-refractivity contribution in [2.45, 2.75) is 25.6 Å². The van der Waals surface area contributed by atoms with Gasteiger partial charge in [-0.25, -0.2) is 0 Å². The molecule has 0 atom stereocenters. The number of aliphatic hydroxyl groups is 1. The summed E-state index contributed by atoms with van der Waals surface area (Å²) in [5.74, 6) is 0.105. The lowest BCUT2D eigenvalue weighted by atomic mass is 10.0. The predicted octanol–water partition coefficient (Wildman–Crippen LogP) is 2.60. The summed E-state index contributed by atoms with van der Waals surface area (Å²) in [5, 5.41) is 26.2. The number of hydrogen-bond donors (Lipinski definition) is 1. The number of rotatable bonds is 2. The lowest BCUT2D eigenvalue weighted by molar-refractivity contribution is -0.137. The van der Waals surface area contributed by atoms with Gasteiger partial charge in [0.25, 0.3) is 0 Å². The number of halogens is 3. The zero-order valence-corrected chi connectivity index (χ0v) is 12.1. The monoisotopic (exact) mass is 310 g/mol. The van der Waals surface area contributed by atoms with Crippen molar-refractivity contribution in [1.82, 2.24) is 14.8 Å². The first kappa shape index (κ1) is 16.0. The summed E-state index contributed by atoms with van der Waals surface area (Å²) in [6.07, 6.45) is -4.64. The van der Waals surface area contributed by atoms with Gasteiger partial charge in [-0.1, -0.05) is 0 Å². The van der Waals surface area contributed by atoms with Gasteiger partial charge in [0.05, 0.1) is 17.2 Å². The summed E-state index contributed by atoms with van der Waals surface area (Å²) in [6.45, 7) is 2.93. The molecule has 2 rings (SSSR count). The molecular weight excluding hydrogens is 297 g/mol. The standard InChI is InChI=1S/C14H13F3N4O/c1-13(2,22)12-20-19-11(21(12)3)9-5-4-8(7-18)6-10(9)14(15,16)17/h4-6,22H,1-3H3. The third-order valence-corrected chi connectivity index (χ3v) is 3.12. The van der Waals surface area contributed by atoms with E-state index in [1.54, 1.807) is 6.07 Å². The van der Waals surface area contributed by atoms with Crippen LogP contribution < -0.4 is 0 Å². The van der Waals surface area contributed by atoms with Crippen LogP contribution in [-0.4, -0.2) is 19.9 Å². The molecular formula is C14H13F3N4O. The molecule has 2 aromatic rings. The molecule has 1 aromatic heterocycles. The summed E-state index contributed by atoms with van der Waals surface area (Å²) < 4.78 is 40.9. The molecule has 0 aliphatic heterocycles. The molecule has 0 spiro atoms. The first-order valence-electron chi connectivity index (χ1n) is 6.29. The highest BCUT2D eigenvalue weighted by Crippen LogP contribution is 2.37. The van der Waals surface area contributed by atoms with Crippen molar-refractivity contribution in [2.24, 2.45) is 7.05 Å². The van der Waals surface area contributed by atoms with Crippen LogP contribution in [0.2, 0.25) is 0 Å². The third kappa shape index (κ3) is 2.80. The van der Waals surface area contributed by atoms with Gasteiger partial charge in [-0.05, 0) is 32.0 Å². The molecule has 0 aliphatic carbocycles. The Hall–Kier alpha value is -2.40. The van der Waals surface area contributed by atoms with Crippen LogP contribution in [0.1, 0.15) is 30.8 Å². The van der Waals surface area contributed by atoms with Crippen LogP contribution in [0, 0.1) is 11.3 Å². The van der Waals surface area contributed by atoms with E-state index in [2.05, 4.69) is 10.2 Å². The Morgan fingerprint density at radius 3 is 2.32 bits per heavy atom. The highest BCUT2D eigenvalue weighted by atomic mass is 19.4. The molecule has 1 heterocycles. The maximum absolute atomic E-state index is 13.2. The third-order valence-electron chi connectivity index (χ3n) is 3.12. The van der Waals surface area contributed by atoms with Crippen molar-refractivity contribution >= 4 is 0 Å². The maximum Gasteiger partial charge on any atom is 0.417 e. The average Bonchev–Trinajstić information content (AvgIpc) is 2.78. The van der Waals surface area contributed by atoms with Crippen LogP contribution >= 0.6 is 0 Å². The molecule has 0 fully saturated rings. The van der Waals surface area contributed by atoms with E-state index in [-0.39, 0.29) is 22.8 Å². The SMILES string of the molecule is Cn1c(-c2ccc(C#N)cc2C(F)(F)F)nnc1C(C)(C)O. The minimum atomic E-state index is -4.64. The van der Waals surface area contributed by atoms with E-state index < -0.39 is 17.3 Å². The van der Waals surface area contributed by atoms with E-state index in [4.69, 9.17) is 5.26 Å². The number of aromatic nitrogens is 3. The van der Waals surface area contributed by atoms with Crippen LogP contribution in [0.3, 0.4) is 0 Å². The quantitative estimate of drug-likeness (QED) is 0.925. The van der Waals surface area contributed by atoms with Gasteiger partial charge in [0.2, 0.25) is 0 Å². The average molecular weight is 310 g/mol. The molecule has 22 heavy (non-hydrogen) atoms. The first-order chi connectivity index (χ1) is 10.1. The minimum absolute atomic E-state index is 0.0334. The molecule has 5 nitrogen and oxygen atoms in total. The number of benzene rings is 1. The lowest BCUT2D eigenvalue weighted by Crippen LogP contribution is -2.21. The summed E-state index contributed by atoms with van der Waals surface area (Å²) in [5.41, 5.74) is -2.60. The topological polar surface area (TPSA) is 74.7 Å². The number of nitrogens with zero attached hydrogens (tertiary/aromatic N) is 4. The number of alkyl halides is 3. The molecule has 0 amide bonds. The van der Waals surface area contributed by atoms with Gasteiger partial charge < -0.3 is 9.67 Å². The van der Waals surface area contributed by atoms with E-state index in [0.29, 0.717) is 0 Å². The molecule has 0 radical (unpaired) electrons. The maximum atomic E-state index is 13.2.